The summed E-state index contributed by atoms with van der Waals surface area (Å²) in [5.41, 5.74) is 6.42. The van der Waals surface area contributed by atoms with E-state index < -0.39 is 0 Å². The van der Waals surface area contributed by atoms with Gasteiger partial charge in [0.25, 0.3) is 5.91 Å². The number of carbonyl (C=O) groups is 1. The van der Waals surface area contributed by atoms with Crippen molar-refractivity contribution in [1.82, 2.24) is 4.98 Å². The molecule has 100 valence electrons. The minimum absolute atomic E-state index is 0.177. The minimum atomic E-state index is -0.325. The van der Waals surface area contributed by atoms with Crippen LogP contribution in [-0.4, -0.2) is 16.0 Å². The first-order chi connectivity index (χ1) is 9.65. The molecule has 3 rings (SSSR count). The van der Waals surface area contributed by atoms with Crippen molar-refractivity contribution >= 4 is 38.8 Å². The summed E-state index contributed by atoms with van der Waals surface area (Å²) >= 11 is 1.22. The molecule has 0 saturated carbocycles. The number of nitrogens with two attached hydrogens (primary N) is 1. The van der Waals surface area contributed by atoms with Crippen LogP contribution in [0.4, 0.5) is 10.8 Å². The standard InChI is InChI=1S/C14H11N3O2S/c15-14-17-11(7-20-14)13(19)16-10-5-1-4-9-8(10)3-2-6-12(9)18/h1-7,18H,(H2,15,17)(H,16,19). The van der Waals surface area contributed by atoms with E-state index >= 15 is 0 Å². The number of hydrogen-bond acceptors (Lipinski definition) is 5. The number of fused-ring (bicyclic) bond motifs is 1. The lowest BCUT2D eigenvalue weighted by Gasteiger charge is -2.08. The third-order valence-electron chi connectivity index (χ3n) is 2.90. The molecule has 0 radical (unpaired) electrons. The second-order valence-corrected chi connectivity index (χ2v) is 5.09. The highest BCUT2D eigenvalue weighted by Gasteiger charge is 2.12. The summed E-state index contributed by atoms with van der Waals surface area (Å²) in [5, 5.41) is 16.0. The van der Waals surface area contributed by atoms with Crippen LogP contribution in [0.2, 0.25) is 0 Å². The fourth-order valence-electron chi connectivity index (χ4n) is 1.98. The first-order valence-corrected chi connectivity index (χ1v) is 6.76. The van der Waals surface area contributed by atoms with Gasteiger partial charge in [0.2, 0.25) is 0 Å². The largest absolute Gasteiger partial charge is 0.507 e. The van der Waals surface area contributed by atoms with E-state index in [0.717, 1.165) is 5.39 Å². The Balaban J connectivity index is 1.99. The Labute approximate surface area is 118 Å². The Morgan fingerprint density at radius 1 is 1.20 bits per heavy atom. The quantitative estimate of drug-likeness (QED) is 0.675. The number of aromatic nitrogens is 1. The Kier molecular flexibility index (Phi) is 3.00. The molecule has 0 bridgehead atoms. The predicted molar refractivity (Wildman–Crippen MR) is 80.1 cm³/mol. The van der Waals surface area contributed by atoms with E-state index in [1.165, 1.54) is 11.3 Å². The van der Waals surface area contributed by atoms with Crippen LogP contribution in [0.15, 0.2) is 41.8 Å². The van der Waals surface area contributed by atoms with Crippen molar-refractivity contribution in [3.05, 3.63) is 47.5 Å². The number of amides is 1. The van der Waals surface area contributed by atoms with Crippen LogP contribution in [0.25, 0.3) is 10.8 Å². The molecule has 0 saturated heterocycles. The van der Waals surface area contributed by atoms with Crippen LogP contribution in [-0.2, 0) is 0 Å². The number of aromatic hydroxyl groups is 1. The topological polar surface area (TPSA) is 88.2 Å². The van der Waals surface area contributed by atoms with Crippen LogP contribution in [0.1, 0.15) is 10.5 Å². The zero-order valence-corrected chi connectivity index (χ0v) is 11.1. The van der Waals surface area contributed by atoms with Crippen LogP contribution in [0.3, 0.4) is 0 Å². The highest BCUT2D eigenvalue weighted by molar-refractivity contribution is 7.13. The van der Waals surface area contributed by atoms with Crippen LogP contribution in [0.5, 0.6) is 5.75 Å². The number of hydrogen-bond donors (Lipinski definition) is 3. The van der Waals surface area contributed by atoms with Crippen molar-refractivity contribution in [1.29, 1.82) is 0 Å². The summed E-state index contributed by atoms with van der Waals surface area (Å²) in [7, 11) is 0. The number of phenols is 1. The van der Waals surface area contributed by atoms with Gasteiger partial charge in [-0.15, -0.1) is 11.3 Å². The number of nitrogen functional groups attached to an aromatic ring is 1. The number of thiazole rings is 1. The summed E-state index contributed by atoms with van der Waals surface area (Å²) in [6.07, 6.45) is 0. The molecule has 0 aliphatic rings. The van der Waals surface area contributed by atoms with Gasteiger partial charge in [-0.3, -0.25) is 4.79 Å². The van der Waals surface area contributed by atoms with Crippen molar-refractivity contribution in [2.75, 3.05) is 11.1 Å². The molecule has 0 aliphatic heterocycles. The number of anilines is 2. The smallest absolute Gasteiger partial charge is 0.275 e. The normalized spacial score (nSPS) is 10.6. The van der Waals surface area contributed by atoms with Gasteiger partial charge in [-0.25, -0.2) is 4.98 Å². The summed E-state index contributed by atoms with van der Waals surface area (Å²) in [6, 6.07) is 10.5. The molecule has 0 spiro atoms. The first kappa shape index (κ1) is 12.4. The molecule has 0 fully saturated rings. The molecule has 5 nitrogen and oxygen atoms in total. The van der Waals surface area contributed by atoms with Crippen LogP contribution in [0, 0.1) is 0 Å². The van der Waals surface area contributed by atoms with Gasteiger partial charge in [-0.2, -0.15) is 0 Å². The van der Waals surface area contributed by atoms with Crippen molar-refractivity contribution in [2.45, 2.75) is 0 Å². The van der Waals surface area contributed by atoms with Crippen molar-refractivity contribution in [2.24, 2.45) is 0 Å². The van der Waals surface area contributed by atoms with Crippen molar-refractivity contribution in [3.63, 3.8) is 0 Å². The molecule has 1 aromatic heterocycles. The Morgan fingerprint density at radius 3 is 2.70 bits per heavy atom. The minimum Gasteiger partial charge on any atom is -0.507 e. The summed E-state index contributed by atoms with van der Waals surface area (Å²) in [6.45, 7) is 0. The lowest BCUT2D eigenvalue weighted by Crippen LogP contribution is -2.12. The van der Waals surface area contributed by atoms with Crippen LogP contribution >= 0.6 is 11.3 Å². The van der Waals surface area contributed by atoms with E-state index in [-0.39, 0.29) is 17.4 Å². The molecule has 3 aromatic rings. The van der Waals surface area contributed by atoms with E-state index in [1.54, 1.807) is 35.7 Å². The second kappa shape index (κ2) is 4.82. The van der Waals surface area contributed by atoms with Gasteiger partial charge in [0.05, 0.1) is 0 Å². The lowest BCUT2D eigenvalue weighted by atomic mass is 10.1. The number of nitrogens with zero attached hydrogens (tertiary/aromatic N) is 1. The number of nitrogens with one attached hydrogen (secondary N) is 1. The molecule has 0 aliphatic carbocycles. The number of benzene rings is 2. The molecule has 6 heteroatoms. The number of carbonyl (C=O) groups excluding carboxylic acids is 1. The maximum Gasteiger partial charge on any atom is 0.275 e. The van der Waals surface area contributed by atoms with Gasteiger partial charge in [0, 0.05) is 21.8 Å². The fourth-order valence-corrected chi connectivity index (χ4v) is 2.52. The molecule has 0 unspecified atom stereocenters. The third-order valence-corrected chi connectivity index (χ3v) is 3.58. The number of rotatable bonds is 2. The van der Waals surface area contributed by atoms with E-state index in [9.17, 15) is 9.90 Å². The maximum atomic E-state index is 12.1. The summed E-state index contributed by atoms with van der Waals surface area (Å²) in [5.74, 6) is -0.148. The first-order valence-electron chi connectivity index (χ1n) is 5.88. The lowest BCUT2D eigenvalue weighted by molar-refractivity contribution is 0.102. The van der Waals surface area contributed by atoms with Crippen molar-refractivity contribution in [3.8, 4) is 5.75 Å². The molecule has 1 heterocycles. The summed E-state index contributed by atoms with van der Waals surface area (Å²) < 4.78 is 0. The van der Waals surface area contributed by atoms with Gasteiger partial charge >= 0.3 is 0 Å². The molecule has 2 aromatic carbocycles. The Bertz CT molecular complexity index is 798. The van der Waals surface area contributed by atoms with Crippen molar-refractivity contribution < 1.29 is 9.90 Å². The number of phenolic OH excluding ortho intramolecular Hbond substituents is 1. The molecular formula is C14H11N3O2S. The molecule has 1 amide bonds. The van der Waals surface area contributed by atoms with E-state index in [4.69, 9.17) is 5.73 Å². The van der Waals surface area contributed by atoms with Gasteiger partial charge in [-0.05, 0) is 12.1 Å². The molecule has 0 atom stereocenters. The molecule has 4 N–H and O–H groups in total. The monoisotopic (exact) mass is 285 g/mol. The van der Waals surface area contributed by atoms with Gasteiger partial charge in [0.15, 0.2) is 5.13 Å². The van der Waals surface area contributed by atoms with E-state index in [1.807, 2.05) is 6.07 Å². The molecular weight excluding hydrogens is 274 g/mol. The maximum absolute atomic E-state index is 12.1. The highest BCUT2D eigenvalue weighted by atomic mass is 32.1. The Morgan fingerprint density at radius 2 is 1.95 bits per heavy atom. The fraction of sp³-hybridized carbons (Fsp3) is 0. The van der Waals surface area contributed by atoms with E-state index in [2.05, 4.69) is 10.3 Å². The van der Waals surface area contributed by atoms with Crippen LogP contribution < -0.4 is 11.1 Å². The SMILES string of the molecule is Nc1nc(C(=O)Nc2cccc3c(O)cccc23)cs1. The molecule has 20 heavy (non-hydrogen) atoms. The second-order valence-electron chi connectivity index (χ2n) is 4.20. The van der Waals surface area contributed by atoms with E-state index in [0.29, 0.717) is 16.2 Å². The highest BCUT2D eigenvalue weighted by Crippen LogP contribution is 2.30. The average Bonchev–Trinajstić information content (AvgIpc) is 2.87. The Hall–Kier alpha value is -2.60. The van der Waals surface area contributed by atoms with Gasteiger partial charge in [0.1, 0.15) is 11.4 Å². The zero-order chi connectivity index (χ0) is 14.1. The predicted octanol–water partition coefficient (Wildman–Crippen LogP) is 2.84. The van der Waals surface area contributed by atoms with Gasteiger partial charge in [-0.1, -0.05) is 24.3 Å². The third kappa shape index (κ3) is 2.17. The zero-order valence-electron chi connectivity index (χ0n) is 10.3. The summed E-state index contributed by atoms with van der Waals surface area (Å²) in [4.78, 5) is 16.0. The van der Waals surface area contributed by atoms with Gasteiger partial charge < -0.3 is 16.2 Å². The average molecular weight is 285 g/mol.